The van der Waals surface area contributed by atoms with Gasteiger partial charge in [-0.1, -0.05) is 12.1 Å². The first-order valence-electron chi connectivity index (χ1n) is 5.73. The van der Waals surface area contributed by atoms with Gasteiger partial charge in [-0.3, -0.25) is 9.78 Å². The van der Waals surface area contributed by atoms with Crippen molar-refractivity contribution < 1.29 is 0 Å². The van der Waals surface area contributed by atoms with Gasteiger partial charge in [0.05, 0.1) is 11.7 Å². The van der Waals surface area contributed by atoms with Gasteiger partial charge in [0.1, 0.15) is 12.2 Å². The summed E-state index contributed by atoms with van der Waals surface area (Å²) in [4.78, 5) is 4.19. The van der Waals surface area contributed by atoms with E-state index in [2.05, 4.69) is 37.7 Å². The lowest BCUT2D eigenvalue weighted by atomic mass is 10.1. The minimum atomic E-state index is 0.106. The molecule has 17 heavy (non-hydrogen) atoms. The summed E-state index contributed by atoms with van der Waals surface area (Å²) in [6.45, 7) is 3.07. The van der Waals surface area contributed by atoms with E-state index in [1.807, 2.05) is 13.2 Å². The molecule has 0 aliphatic carbocycles. The van der Waals surface area contributed by atoms with Crippen LogP contribution >= 0.6 is 0 Å². The molecule has 1 unspecified atom stereocenters. The van der Waals surface area contributed by atoms with Gasteiger partial charge in [-0.15, -0.1) is 5.10 Å². The van der Waals surface area contributed by atoms with Gasteiger partial charge in [0.2, 0.25) is 0 Å². The van der Waals surface area contributed by atoms with E-state index in [-0.39, 0.29) is 6.04 Å². The van der Waals surface area contributed by atoms with Gasteiger partial charge >= 0.3 is 0 Å². The average molecular weight is 235 g/mol. The van der Waals surface area contributed by atoms with Crippen molar-refractivity contribution in [1.29, 1.82) is 0 Å². The lowest BCUT2D eigenvalue weighted by Crippen LogP contribution is -2.25. The molecule has 7 heteroatoms. The fraction of sp³-hybridized carbons (Fsp3) is 0.600. The highest BCUT2D eigenvalue weighted by molar-refractivity contribution is 5.02. The van der Waals surface area contributed by atoms with Crippen LogP contribution in [0.15, 0.2) is 12.5 Å². The predicted octanol–water partition coefficient (Wildman–Crippen LogP) is 0.217. The summed E-state index contributed by atoms with van der Waals surface area (Å²) >= 11 is 0. The van der Waals surface area contributed by atoms with Crippen LogP contribution in [0, 0.1) is 0 Å². The van der Waals surface area contributed by atoms with Gasteiger partial charge in [0.15, 0.2) is 0 Å². The summed E-state index contributed by atoms with van der Waals surface area (Å²) in [5, 5.41) is 18.2. The minimum absolute atomic E-state index is 0.106. The van der Waals surface area contributed by atoms with Crippen LogP contribution in [0.4, 0.5) is 0 Å². The van der Waals surface area contributed by atoms with E-state index in [9.17, 15) is 0 Å². The fourth-order valence-electron chi connectivity index (χ4n) is 1.66. The van der Waals surface area contributed by atoms with Crippen molar-refractivity contribution in [3.05, 3.63) is 24.0 Å². The molecule has 0 aromatic carbocycles. The normalized spacial score (nSPS) is 12.8. The topological polar surface area (TPSA) is 84.3 Å². The molecule has 0 amide bonds. The maximum Gasteiger partial charge on any atom is 0.141 e. The van der Waals surface area contributed by atoms with E-state index in [1.54, 1.807) is 4.68 Å². The Bertz CT molecular complexity index is 433. The van der Waals surface area contributed by atoms with Crippen molar-refractivity contribution in [1.82, 2.24) is 35.5 Å². The van der Waals surface area contributed by atoms with Gasteiger partial charge in [-0.25, -0.2) is 4.98 Å². The number of aromatic nitrogens is 6. The molecule has 1 atom stereocenters. The monoisotopic (exact) mass is 235 g/mol. The van der Waals surface area contributed by atoms with Gasteiger partial charge in [0.25, 0.3) is 0 Å². The van der Waals surface area contributed by atoms with E-state index < -0.39 is 0 Å². The zero-order valence-corrected chi connectivity index (χ0v) is 10.1. The number of rotatable bonds is 6. The molecule has 92 valence electrons. The number of aryl methyl sites for hydroxylation is 1. The molecule has 0 bridgehead atoms. The quantitative estimate of drug-likeness (QED) is 0.748. The summed E-state index contributed by atoms with van der Waals surface area (Å²) < 4.78 is 1.70. The van der Waals surface area contributed by atoms with Crippen molar-refractivity contribution in [3.8, 4) is 0 Å². The van der Waals surface area contributed by atoms with Crippen molar-refractivity contribution >= 4 is 0 Å². The van der Waals surface area contributed by atoms with Gasteiger partial charge in [-0.2, -0.15) is 5.10 Å². The lowest BCUT2D eigenvalue weighted by Gasteiger charge is -2.14. The number of hydrogen-bond acceptors (Lipinski definition) is 5. The number of nitrogens with zero attached hydrogens (tertiary/aromatic N) is 5. The summed E-state index contributed by atoms with van der Waals surface area (Å²) in [5.74, 6) is 0.837. The predicted molar refractivity (Wildman–Crippen MR) is 62.1 cm³/mol. The zero-order chi connectivity index (χ0) is 12.1. The number of hydrogen-bond donors (Lipinski definition) is 2. The molecule has 0 aliphatic rings. The largest absolute Gasteiger partial charge is 0.307 e. The highest BCUT2D eigenvalue weighted by atomic mass is 15.4. The lowest BCUT2D eigenvalue weighted by molar-refractivity contribution is 0.501. The van der Waals surface area contributed by atoms with Gasteiger partial charge < -0.3 is 5.32 Å². The number of nitrogens with one attached hydrogen (secondary N) is 2. The van der Waals surface area contributed by atoms with E-state index >= 15 is 0 Å². The molecule has 0 aliphatic heterocycles. The first-order chi connectivity index (χ1) is 8.29. The van der Waals surface area contributed by atoms with Crippen molar-refractivity contribution in [2.75, 3.05) is 6.54 Å². The Balaban J connectivity index is 2.05. The molecule has 0 saturated heterocycles. The third-order valence-corrected chi connectivity index (χ3v) is 2.47. The second-order valence-electron chi connectivity index (χ2n) is 3.97. The molecule has 0 spiro atoms. The molecule has 0 fully saturated rings. The van der Waals surface area contributed by atoms with Crippen LogP contribution in [0.5, 0.6) is 0 Å². The molecule has 0 radical (unpaired) electrons. The highest BCUT2D eigenvalue weighted by Crippen LogP contribution is 2.12. The van der Waals surface area contributed by atoms with E-state index in [0.717, 1.165) is 30.9 Å². The standard InChI is InChI=1S/C10H17N7/c1-3-4-11-9(10-12-7-13-15-10)5-8-6-17(2)16-14-8/h6-7,9,11H,3-5H2,1-2H3,(H,12,13,15). The Morgan fingerprint density at radius 1 is 1.53 bits per heavy atom. The third kappa shape index (κ3) is 3.10. The molecule has 2 aromatic rings. The molecule has 2 aromatic heterocycles. The van der Waals surface area contributed by atoms with Crippen LogP contribution in [0.25, 0.3) is 0 Å². The first-order valence-corrected chi connectivity index (χ1v) is 5.73. The Kier molecular flexibility index (Phi) is 3.81. The molecule has 2 N–H and O–H groups in total. The van der Waals surface area contributed by atoms with Crippen LogP contribution in [0.3, 0.4) is 0 Å². The molecule has 2 rings (SSSR count). The van der Waals surface area contributed by atoms with Crippen LogP contribution in [-0.4, -0.2) is 36.7 Å². The highest BCUT2D eigenvalue weighted by Gasteiger charge is 2.15. The van der Waals surface area contributed by atoms with Crippen LogP contribution in [-0.2, 0) is 13.5 Å². The maximum absolute atomic E-state index is 4.19. The Hall–Kier alpha value is -1.76. The summed E-state index contributed by atoms with van der Waals surface area (Å²) in [6.07, 6.45) is 5.26. The molecular weight excluding hydrogens is 218 g/mol. The molecule has 0 saturated carbocycles. The summed E-state index contributed by atoms with van der Waals surface area (Å²) in [6, 6.07) is 0.106. The third-order valence-electron chi connectivity index (χ3n) is 2.47. The first kappa shape index (κ1) is 11.7. The minimum Gasteiger partial charge on any atom is -0.307 e. The van der Waals surface area contributed by atoms with Gasteiger partial charge in [0, 0.05) is 19.7 Å². The van der Waals surface area contributed by atoms with Crippen LogP contribution < -0.4 is 5.32 Å². The van der Waals surface area contributed by atoms with E-state index in [1.165, 1.54) is 6.33 Å². The van der Waals surface area contributed by atoms with E-state index in [4.69, 9.17) is 0 Å². The maximum atomic E-state index is 4.19. The SMILES string of the molecule is CCCNC(Cc1cn(C)nn1)c1ncn[nH]1. The second-order valence-corrected chi connectivity index (χ2v) is 3.97. The van der Waals surface area contributed by atoms with Crippen molar-refractivity contribution in [2.45, 2.75) is 25.8 Å². The van der Waals surface area contributed by atoms with E-state index in [0.29, 0.717) is 0 Å². The van der Waals surface area contributed by atoms with Gasteiger partial charge in [-0.05, 0) is 13.0 Å². The molecular formula is C10H17N7. The van der Waals surface area contributed by atoms with Crippen LogP contribution in [0.2, 0.25) is 0 Å². The Labute approximate surface area is 99.6 Å². The fourth-order valence-corrected chi connectivity index (χ4v) is 1.66. The average Bonchev–Trinajstić information content (AvgIpc) is 2.95. The molecule has 2 heterocycles. The van der Waals surface area contributed by atoms with Crippen molar-refractivity contribution in [2.24, 2.45) is 7.05 Å². The Morgan fingerprint density at radius 3 is 3.00 bits per heavy atom. The molecule has 7 nitrogen and oxygen atoms in total. The van der Waals surface area contributed by atoms with Crippen molar-refractivity contribution in [3.63, 3.8) is 0 Å². The summed E-state index contributed by atoms with van der Waals surface area (Å²) in [7, 11) is 1.86. The smallest absolute Gasteiger partial charge is 0.141 e. The number of aromatic amines is 1. The number of H-pyrrole nitrogens is 1. The Morgan fingerprint density at radius 2 is 2.41 bits per heavy atom. The second kappa shape index (κ2) is 5.53. The van der Waals surface area contributed by atoms with Crippen LogP contribution in [0.1, 0.15) is 30.9 Å². The zero-order valence-electron chi connectivity index (χ0n) is 10.1. The summed E-state index contributed by atoms with van der Waals surface area (Å²) in [5.41, 5.74) is 0.942.